The molecule has 8 nitrogen and oxygen atoms in total. The molecule has 1 aliphatic heterocycles. The number of esters is 1. The number of carbonyl (C=O) groups excluding carboxylic acids is 1. The Labute approximate surface area is 160 Å². The molecule has 1 saturated heterocycles. The highest BCUT2D eigenvalue weighted by Gasteiger charge is 2.32. The summed E-state index contributed by atoms with van der Waals surface area (Å²) in [4.78, 5) is 14.3. The maximum Gasteiger partial charge on any atom is 0.374 e. The van der Waals surface area contributed by atoms with Gasteiger partial charge in [0.2, 0.25) is 5.76 Å². The SMILES string of the molecule is CCOC(=O)c1cc(CP(=O)(OCC)OCC)c(C(C)N2CCOCC2)o1. The minimum atomic E-state index is -3.34. The summed E-state index contributed by atoms with van der Waals surface area (Å²) in [6, 6.07) is 1.48. The van der Waals surface area contributed by atoms with Crippen LogP contribution in [0, 0.1) is 0 Å². The fourth-order valence-electron chi connectivity index (χ4n) is 3.08. The quantitative estimate of drug-likeness (QED) is 0.432. The van der Waals surface area contributed by atoms with Crippen molar-refractivity contribution in [3.8, 4) is 0 Å². The number of carbonyl (C=O) groups is 1. The molecule has 0 saturated carbocycles. The first-order valence-electron chi connectivity index (χ1n) is 9.43. The van der Waals surface area contributed by atoms with Gasteiger partial charge < -0.3 is 22.9 Å². The van der Waals surface area contributed by atoms with Gasteiger partial charge in [-0.25, -0.2) is 4.79 Å². The van der Waals surface area contributed by atoms with Gasteiger partial charge in [-0.3, -0.25) is 9.46 Å². The molecule has 1 fully saturated rings. The summed E-state index contributed by atoms with van der Waals surface area (Å²) in [6.07, 6.45) is 0.0433. The predicted molar refractivity (Wildman–Crippen MR) is 100 cm³/mol. The summed E-state index contributed by atoms with van der Waals surface area (Å²) in [5.41, 5.74) is 0.641. The van der Waals surface area contributed by atoms with Crippen LogP contribution in [0.3, 0.4) is 0 Å². The Hall–Kier alpha value is -1.18. The number of nitrogens with zero attached hydrogens (tertiary/aromatic N) is 1. The van der Waals surface area contributed by atoms with Crippen LogP contribution in [-0.4, -0.2) is 57.0 Å². The number of furan rings is 1. The predicted octanol–water partition coefficient (Wildman–Crippen LogP) is 3.62. The molecule has 1 aromatic rings. The van der Waals surface area contributed by atoms with Gasteiger partial charge in [-0.2, -0.15) is 0 Å². The van der Waals surface area contributed by atoms with Crippen LogP contribution in [-0.2, 0) is 29.2 Å². The first-order valence-corrected chi connectivity index (χ1v) is 11.2. The van der Waals surface area contributed by atoms with Gasteiger partial charge >= 0.3 is 13.6 Å². The van der Waals surface area contributed by atoms with E-state index in [0.29, 0.717) is 24.5 Å². The smallest absolute Gasteiger partial charge is 0.374 e. The van der Waals surface area contributed by atoms with Gasteiger partial charge in [0.25, 0.3) is 0 Å². The molecule has 0 aromatic carbocycles. The Bertz CT molecular complexity index is 644. The third-order valence-electron chi connectivity index (χ3n) is 4.31. The van der Waals surface area contributed by atoms with E-state index in [2.05, 4.69) is 4.90 Å². The Morgan fingerprint density at radius 2 is 1.81 bits per heavy atom. The van der Waals surface area contributed by atoms with Gasteiger partial charge in [-0.1, -0.05) is 0 Å². The topological polar surface area (TPSA) is 87.4 Å². The molecule has 0 radical (unpaired) electrons. The summed E-state index contributed by atoms with van der Waals surface area (Å²) in [5, 5.41) is 0. The van der Waals surface area contributed by atoms with Crippen LogP contribution in [0.1, 0.15) is 55.6 Å². The van der Waals surface area contributed by atoms with Crippen LogP contribution < -0.4 is 0 Å². The van der Waals surface area contributed by atoms with Crippen molar-refractivity contribution in [1.29, 1.82) is 0 Å². The third-order valence-corrected chi connectivity index (χ3v) is 6.34. The minimum Gasteiger partial charge on any atom is -0.460 e. The molecular formula is C18H30NO7P. The van der Waals surface area contributed by atoms with E-state index < -0.39 is 13.6 Å². The number of hydrogen-bond acceptors (Lipinski definition) is 8. The van der Waals surface area contributed by atoms with Crippen molar-refractivity contribution in [2.45, 2.75) is 39.9 Å². The molecule has 0 amide bonds. The van der Waals surface area contributed by atoms with E-state index in [0.717, 1.165) is 13.1 Å². The lowest BCUT2D eigenvalue weighted by Crippen LogP contribution is -2.38. The molecule has 0 N–H and O–H groups in total. The van der Waals surface area contributed by atoms with Crippen molar-refractivity contribution in [3.63, 3.8) is 0 Å². The molecule has 1 aliphatic rings. The molecule has 0 aliphatic carbocycles. The van der Waals surface area contributed by atoms with Gasteiger partial charge in [-0.05, 0) is 33.8 Å². The first kappa shape index (κ1) is 22.1. The molecule has 0 spiro atoms. The number of rotatable bonds is 10. The maximum absolute atomic E-state index is 13.0. The van der Waals surface area contributed by atoms with Crippen LogP contribution in [0.4, 0.5) is 0 Å². The molecule has 2 rings (SSSR count). The molecule has 0 bridgehead atoms. The molecule has 1 aromatic heterocycles. The minimum absolute atomic E-state index is 0.0433. The van der Waals surface area contributed by atoms with Crippen LogP contribution in [0.15, 0.2) is 10.5 Å². The molecule has 154 valence electrons. The average Bonchev–Trinajstić information content (AvgIpc) is 3.06. The second-order valence-electron chi connectivity index (χ2n) is 6.15. The van der Waals surface area contributed by atoms with E-state index in [4.69, 9.17) is 22.9 Å². The maximum atomic E-state index is 13.0. The zero-order chi connectivity index (χ0) is 19.9. The molecule has 2 heterocycles. The Morgan fingerprint density at radius 3 is 2.37 bits per heavy atom. The Morgan fingerprint density at radius 1 is 1.19 bits per heavy atom. The van der Waals surface area contributed by atoms with E-state index >= 15 is 0 Å². The normalized spacial score (nSPS) is 17.0. The lowest BCUT2D eigenvalue weighted by molar-refractivity contribution is 0.0148. The van der Waals surface area contributed by atoms with E-state index in [-0.39, 0.29) is 37.8 Å². The third kappa shape index (κ3) is 5.90. The highest BCUT2D eigenvalue weighted by Crippen LogP contribution is 2.52. The summed E-state index contributed by atoms with van der Waals surface area (Å²) >= 11 is 0. The highest BCUT2D eigenvalue weighted by atomic mass is 31.2. The monoisotopic (exact) mass is 403 g/mol. The van der Waals surface area contributed by atoms with E-state index in [1.165, 1.54) is 0 Å². The lowest BCUT2D eigenvalue weighted by Gasteiger charge is -2.31. The second kappa shape index (κ2) is 10.4. The summed E-state index contributed by atoms with van der Waals surface area (Å²) < 4.78 is 40.1. The molecule has 1 atom stereocenters. The number of hydrogen-bond donors (Lipinski definition) is 0. The average molecular weight is 403 g/mol. The van der Waals surface area contributed by atoms with Gasteiger partial charge in [-0.15, -0.1) is 0 Å². The standard InChI is InChI=1S/C18H30NO7P/c1-5-23-18(20)16-12-15(13-27(21,24-6-2)25-7-3)17(26-16)14(4)19-8-10-22-11-9-19/h12,14H,5-11,13H2,1-4H3. The molecule has 9 heteroatoms. The van der Waals surface area contributed by atoms with Crippen molar-refractivity contribution in [3.05, 3.63) is 23.2 Å². The van der Waals surface area contributed by atoms with Crippen molar-refractivity contribution >= 4 is 13.6 Å². The van der Waals surface area contributed by atoms with Crippen molar-refractivity contribution < 1.29 is 32.3 Å². The largest absolute Gasteiger partial charge is 0.460 e. The fraction of sp³-hybridized carbons (Fsp3) is 0.722. The zero-order valence-electron chi connectivity index (χ0n) is 16.6. The van der Waals surface area contributed by atoms with Crippen LogP contribution in [0.25, 0.3) is 0 Å². The summed E-state index contributed by atoms with van der Waals surface area (Å²) in [6.45, 7) is 10.8. The van der Waals surface area contributed by atoms with E-state index in [9.17, 15) is 9.36 Å². The van der Waals surface area contributed by atoms with E-state index in [1.54, 1.807) is 26.8 Å². The van der Waals surface area contributed by atoms with Crippen LogP contribution >= 0.6 is 7.60 Å². The molecule has 1 unspecified atom stereocenters. The number of ether oxygens (including phenoxy) is 2. The second-order valence-corrected chi connectivity index (χ2v) is 8.20. The van der Waals surface area contributed by atoms with Crippen LogP contribution in [0.2, 0.25) is 0 Å². The van der Waals surface area contributed by atoms with Crippen LogP contribution in [0.5, 0.6) is 0 Å². The van der Waals surface area contributed by atoms with Gasteiger partial charge in [0.15, 0.2) is 0 Å². The van der Waals surface area contributed by atoms with Gasteiger partial charge in [0.1, 0.15) is 5.76 Å². The van der Waals surface area contributed by atoms with Gasteiger partial charge in [0, 0.05) is 18.7 Å². The zero-order valence-corrected chi connectivity index (χ0v) is 17.5. The van der Waals surface area contributed by atoms with Crippen molar-refractivity contribution in [1.82, 2.24) is 4.90 Å². The molecule has 27 heavy (non-hydrogen) atoms. The molecular weight excluding hydrogens is 373 g/mol. The van der Waals surface area contributed by atoms with Gasteiger partial charge in [0.05, 0.1) is 45.2 Å². The lowest BCUT2D eigenvalue weighted by atomic mass is 10.1. The fourth-order valence-corrected chi connectivity index (χ4v) is 4.79. The first-order chi connectivity index (χ1) is 12.9. The number of morpholine rings is 1. The van der Waals surface area contributed by atoms with Crippen molar-refractivity contribution in [2.24, 2.45) is 0 Å². The summed E-state index contributed by atoms with van der Waals surface area (Å²) in [5.74, 6) is 0.142. The summed E-state index contributed by atoms with van der Waals surface area (Å²) in [7, 11) is -3.34. The Balaban J connectivity index is 2.34. The highest BCUT2D eigenvalue weighted by molar-refractivity contribution is 7.53. The van der Waals surface area contributed by atoms with E-state index in [1.807, 2.05) is 6.92 Å². The van der Waals surface area contributed by atoms with Crippen molar-refractivity contribution in [2.75, 3.05) is 46.1 Å². The Kier molecular flexibility index (Phi) is 8.51.